The first-order valence-corrected chi connectivity index (χ1v) is 6.17. The fourth-order valence-electron chi connectivity index (χ4n) is 1.63. The van der Waals surface area contributed by atoms with Gasteiger partial charge in [0.05, 0.1) is 19.8 Å². The maximum Gasteiger partial charge on any atom is 0.258 e. The van der Waals surface area contributed by atoms with Crippen LogP contribution in [0.4, 0.5) is 5.69 Å². The first-order chi connectivity index (χ1) is 9.63. The van der Waals surface area contributed by atoms with Gasteiger partial charge >= 0.3 is 0 Å². The molecule has 0 saturated carbocycles. The quantitative estimate of drug-likeness (QED) is 0.880. The second-order valence-corrected chi connectivity index (χ2v) is 4.26. The van der Waals surface area contributed by atoms with Crippen LogP contribution in [0, 0.1) is 0 Å². The van der Waals surface area contributed by atoms with Gasteiger partial charge < -0.3 is 14.8 Å². The Bertz CT molecular complexity index is 609. The Balaban J connectivity index is 2.26. The van der Waals surface area contributed by atoms with Gasteiger partial charge in [-0.25, -0.2) is 4.98 Å². The number of anilines is 1. The summed E-state index contributed by atoms with van der Waals surface area (Å²) in [6.07, 6.45) is 1.52. The van der Waals surface area contributed by atoms with E-state index in [0.717, 1.165) is 0 Å². The molecule has 0 fully saturated rings. The molecule has 0 aliphatic carbocycles. The molecule has 0 aliphatic rings. The summed E-state index contributed by atoms with van der Waals surface area (Å²) in [5.41, 5.74) is 0.849. The smallest absolute Gasteiger partial charge is 0.258 e. The molecule has 1 aromatic carbocycles. The molecule has 104 valence electrons. The third kappa shape index (κ3) is 3.19. The van der Waals surface area contributed by atoms with Gasteiger partial charge in [-0.05, 0) is 12.1 Å². The molecule has 1 heterocycles. The predicted octanol–water partition coefficient (Wildman–Crippen LogP) is 3.00. The van der Waals surface area contributed by atoms with Gasteiger partial charge in [-0.15, -0.1) is 0 Å². The third-order valence-electron chi connectivity index (χ3n) is 2.61. The number of hydrogen-bond donors (Lipinski definition) is 1. The minimum atomic E-state index is -0.349. The van der Waals surface area contributed by atoms with Gasteiger partial charge in [0.1, 0.15) is 16.7 Å². The van der Waals surface area contributed by atoms with Crippen molar-refractivity contribution in [2.24, 2.45) is 0 Å². The molecule has 0 bridgehead atoms. The van der Waals surface area contributed by atoms with E-state index in [1.807, 2.05) is 0 Å². The van der Waals surface area contributed by atoms with E-state index in [1.54, 1.807) is 44.6 Å². The van der Waals surface area contributed by atoms with Crippen LogP contribution in [0.15, 0.2) is 36.5 Å². The van der Waals surface area contributed by atoms with E-state index < -0.39 is 0 Å². The molecule has 0 unspecified atom stereocenters. The van der Waals surface area contributed by atoms with E-state index in [1.165, 1.54) is 6.20 Å². The molecule has 6 heteroatoms. The highest BCUT2D eigenvalue weighted by Crippen LogP contribution is 2.26. The van der Waals surface area contributed by atoms with E-state index >= 15 is 0 Å². The SMILES string of the molecule is COc1cc(NC(=O)c2cccnc2Cl)cc(OC)c1. The molecule has 1 N–H and O–H groups in total. The van der Waals surface area contributed by atoms with Crippen molar-refractivity contribution in [3.63, 3.8) is 0 Å². The monoisotopic (exact) mass is 292 g/mol. The van der Waals surface area contributed by atoms with Crippen molar-refractivity contribution >= 4 is 23.2 Å². The van der Waals surface area contributed by atoms with Crippen molar-refractivity contribution in [3.05, 3.63) is 47.2 Å². The molecule has 5 nitrogen and oxygen atoms in total. The Labute approximate surface area is 121 Å². The van der Waals surface area contributed by atoms with Crippen LogP contribution < -0.4 is 14.8 Å². The lowest BCUT2D eigenvalue weighted by molar-refractivity contribution is 0.102. The first kappa shape index (κ1) is 14.1. The minimum absolute atomic E-state index is 0.153. The summed E-state index contributed by atoms with van der Waals surface area (Å²) in [7, 11) is 3.08. The highest BCUT2D eigenvalue weighted by Gasteiger charge is 2.12. The molecule has 20 heavy (non-hydrogen) atoms. The normalized spacial score (nSPS) is 9.95. The number of hydrogen-bond acceptors (Lipinski definition) is 4. The zero-order valence-electron chi connectivity index (χ0n) is 11.0. The van der Waals surface area contributed by atoms with Crippen LogP contribution in [0.25, 0.3) is 0 Å². The third-order valence-corrected chi connectivity index (χ3v) is 2.91. The maximum atomic E-state index is 12.1. The zero-order chi connectivity index (χ0) is 14.5. The molecule has 0 spiro atoms. The van der Waals surface area contributed by atoms with Crippen molar-refractivity contribution in [2.75, 3.05) is 19.5 Å². The van der Waals surface area contributed by atoms with Gasteiger partial charge in [0, 0.05) is 30.1 Å². The number of nitrogens with zero attached hydrogens (tertiary/aromatic N) is 1. The van der Waals surface area contributed by atoms with Crippen molar-refractivity contribution < 1.29 is 14.3 Å². The summed E-state index contributed by atoms with van der Waals surface area (Å²) in [6.45, 7) is 0. The van der Waals surface area contributed by atoms with Gasteiger partial charge in [0.2, 0.25) is 0 Å². The Morgan fingerprint density at radius 1 is 1.20 bits per heavy atom. The second-order valence-electron chi connectivity index (χ2n) is 3.90. The van der Waals surface area contributed by atoms with E-state index in [4.69, 9.17) is 21.1 Å². The van der Waals surface area contributed by atoms with Gasteiger partial charge in [0.25, 0.3) is 5.91 Å². The number of rotatable bonds is 4. The number of amides is 1. The summed E-state index contributed by atoms with van der Waals surface area (Å²) < 4.78 is 10.3. The van der Waals surface area contributed by atoms with Crippen LogP contribution in [0.1, 0.15) is 10.4 Å². The lowest BCUT2D eigenvalue weighted by Gasteiger charge is -2.10. The number of benzene rings is 1. The van der Waals surface area contributed by atoms with Crippen LogP contribution >= 0.6 is 11.6 Å². The average molecular weight is 293 g/mol. The number of carbonyl (C=O) groups excluding carboxylic acids is 1. The topological polar surface area (TPSA) is 60.5 Å². The lowest BCUT2D eigenvalue weighted by Crippen LogP contribution is -2.13. The fraction of sp³-hybridized carbons (Fsp3) is 0.143. The molecule has 1 amide bonds. The molecule has 0 radical (unpaired) electrons. The van der Waals surface area contributed by atoms with Gasteiger partial charge in [-0.2, -0.15) is 0 Å². The lowest BCUT2D eigenvalue weighted by atomic mass is 10.2. The van der Waals surface area contributed by atoms with Crippen LogP contribution in [-0.4, -0.2) is 25.1 Å². The molecule has 2 aromatic rings. The Kier molecular flexibility index (Phi) is 4.42. The number of carbonyl (C=O) groups is 1. The average Bonchev–Trinajstić information content (AvgIpc) is 2.47. The summed E-state index contributed by atoms with van der Waals surface area (Å²) in [5.74, 6) is 0.812. The van der Waals surface area contributed by atoms with Gasteiger partial charge in [-0.1, -0.05) is 11.6 Å². The highest BCUT2D eigenvalue weighted by molar-refractivity contribution is 6.33. The summed E-state index contributed by atoms with van der Waals surface area (Å²) in [4.78, 5) is 16.0. The molecule has 0 saturated heterocycles. The zero-order valence-corrected chi connectivity index (χ0v) is 11.8. The summed E-state index contributed by atoms with van der Waals surface area (Å²) in [5, 5.41) is 2.88. The van der Waals surface area contributed by atoms with Crippen LogP contribution in [0.2, 0.25) is 5.15 Å². The van der Waals surface area contributed by atoms with Crippen LogP contribution in [0.5, 0.6) is 11.5 Å². The highest BCUT2D eigenvalue weighted by atomic mass is 35.5. The second kappa shape index (κ2) is 6.25. The molecule has 0 aliphatic heterocycles. The van der Waals surface area contributed by atoms with E-state index in [0.29, 0.717) is 22.7 Å². The number of methoxy groups -OCH3 is 2. The van der Waals surface area contributed by atoms with Crippen LogP contribution in [-0.2, 0) is 0 Å². The number of halogens is 1. The Hall–Kier alpha value is -2.27. The standard InChI is InChI=1S/C14H13ClN2O3/c1-19-10-6-9(7-11(8-10)20-2)17-14(18)12-4-3-5-16-13(12)15/h3-8H,1-2H3,(H,17,18). The molecule has 0 atom stereocenters. The largest absolute Gasteiger partial charge is 0.497 e. The molecular formula is C14H13ClN2O3. The number of aromatic nitrogens is 1. The van der Waals surface area contributed by atoms with E-state index in [2.05, 4.69) is 10.3 Å². The van der Waals surface area contributed by atoms with Gasteiger partial charge in [0.15, 0.2) is 0 Å². The molecular weight excluding hydrogens is 280 g/mol. The number of pyridine rings is 1. The van der Waals surface area contributed by atoms with Crippen molar-refractivity contribution in [1.29, 1.82) is 0 Å². The van der Waals surface area contributed by atoms with Crippen molar-refractivity contribution in [3.8, 4) is 11.5 Å². The van der Waals surface area contributed by atoms with Gasteiger partial charge in [-0.3, -0.25) is 4.79 Å². The summed E-state index contributed by atoms with van der Waals surface area (Å²) in [6, 6.07) is 8.33. The predicted molar refractivity (Wildman–Crippen MR) is 76.7 cm³/mol. The molecule has 2 rings (SSSR count). The van der Waals surface area contributed by atoms with Crippen molar-refractivity contribution in [2.45, 2.75) is 0 Å². The first-order valence-electron chi connectivity index (χ1n) is 5.79. The number of nitrogens with one attached hydrogen (secondary N) is 1. The van der Waals surface area contributed by atoms with Crippen molar-refractivity contribution in [1.82, 2.24) is 4.98 Å². The Morgan fingerprint density at radius 2 is 1.85 bits per heavy atom. The Morgan fingerprint density at radius 3 is 2.40 bits per heavy atom. The fourth-order valence-corrected chi connectivity index (χ4v) is 1.84. The van der Waals surface area contributed by atoms with Crippen LogP contribution in [0.3, 0.4) is 0 Å². The van der Waals surface area contributed by atoms with E-state index in [9.17, 15) is 4.79 Å². The summed E-state index contributed by atoms with van der Waals surface area (Å²) >= 11 is 5.88. The van der Waals surface area contributed by atoms with E-state index in [-0.39, 0.29) is 11.1 Å². The number of ether oxygens (including phenoxy) is 2. The minimum Gasteiger partial charge on any atom is -0.497 e. The maximum absolute atomic E-state index is 12.1. The molecule has 1 aromatic heterocycles.